The van der Waals surface area contributed by atoms with Gasteiger partial charge in [-0.25, -0.2) is 14.4 Å². The zero-order valence-corrected chi connectivity index (χ0v) is 21.8. The van der Waals surface area contributed by atoms with E-state index in [1.807, 2.05) is 4.98 Å². The fourth-order valence-electron chi connectivity index (χ4n) is 3.27. The SMILES string of the molecule is CCOC(=O)C(C)OC(=O)c1nn(-c2cc(C)c(Oc3ccc(OC)c(Br)c3)c(C)c2)c(=O)[nH]c1=O. The minimum Gasteiger partial charge on any atom is -0.496 e. The van der Waals surface area contributed by atoms with Crippen molar-refractivity contribution in [3.8, 4) is 22.9 Å². The predicted octanol–water partition coefficient (Wildman–Crippen LogP) is 3.21. The van der Waals surface area contributed by atoms with Crippen LogP contribution in [0.2, 0.25) is 0 Å². The topological polar surface area (TPSA) is 139 Å². The first-order valence-corrected chi connectivity index (χ1v) is 11.6. The summed E-state index contributed by atoms with van der Waals surface area (Å²) >= 11 is 3.42. The van der Waals surface area contributed by atoms with Crippen molar-refractivity contribution in [3.63, 3.8) is 0 Å². The Morgan fingerprint density at radius 2 is 1.81 bits per heavy atom. The number of carbonyl (C=O) groups is 2. The van der Waals surface area contributed by atoms with Crippen LogP contribution in [0.5, 0.6) is 17.2 Å². The number of hydrogen-bond donors (Lipinski definition) is 1. The van der Waals surface area contributed by atoms with E-state index in [1.165, 1.54) is 6.92 Å². The van der Waals surface area contributed by atoms with E-state index in [-0.39, 0.29) is 12.3 Å². The number of methoxy groups -OCH3 is 1. The number of ether oxygens (including phenoxy) is 4. The standard InChI is InChI=1S/C24H24BrN3O8/c1-6-34-22(30)14(4)35-23(31)19-21(29)26-24(32)28(27-19)15-9-12(2)20(13(3)10-15)36-16-7-8-18(33-5)17(25)11-16/h7-11,14H,6H2,1-5H3,(H,26,29,32). The molecular formula is C24H24BrN3O8. The van der Waals surface area contributed by atoms with Gasteiger partial charge in [0, 0.05) is 0 Å². The van der Waals surface area contributed by atoms with Crippen molar-refractivity contribution in [2.75, 3.05) is 13.7 Å². The smallest absolute Gasteiger partial charge is 0.365 e. The first-order chi connectivity index (χ1) is 17.0. The molecule has 1 heterocycles. The van der Waals surface area contributed by atoms with Gasteiger partial charge in [0.25, 0.3) is 5.56 Å². The number of H-pyrrole nitrogens is 1. The van der Waals surface area contributed by atoms with Gasteiger partial charge in [-0.05, 0) is 85.1 Å². The van der Waals surface area contributed by atoms with E-state index in [2.05, 4.69) is 21.0 Å². The van der Waals surface area contributed by atoms with E-state index >= 15 is 0 Å². The Bertz CT molecular complexity index is 1410. The van der Waals surface area contributed by atoms with E-state index in [1.54, 1.807) is 58.2 Å². The van der Waals surface area contributed by atoms with Gasteiger partial charge in [-0.15, -0.1) is 0 Å². The van der Waals surface area contributed by atoms with Gasteiger partial charge in [-0.2, -0.15) is 9.78 Å². The molecule has 190 valence electrons. The summed E-state index contributed by atoms with van der Waals surface area (Å²) in [7, 11) is 1.56. The van der Waals surface area contributed by atoms with Gasteiger partial charge in [-0.3, -0.25) is 9.78 Å². The molecule has 2 aromatic carbocycles. The lowest BCUT2D eigenvalue weighted by atomic mass is 10.1. The number of aromatic nitrogens is 3. The highest BCUT2D eigenvalue weighted by Crippen LogP contribution is 2.34. The zero-order chi connectivity index (χ0) is 26.6. The normalized spacial score (nSPS) is 11.5. The van der Waals surface area contributed by atoms with Crippen LogP contribution >= 0.6 is 15.9 Å². The van der Waals surface area contributed by atoms with Gasteiger partial charge in [0.05, 0.1) is 23.9 Å². The number of benzene rings is 2. The molecule has 0 bridgehead atoms. The molecule has 36 heavy (non-hydrogen) atoms. The second-order valence-electron chi connectivity index (χ2n) is 7.63. The summed E-state index contributed by atoms with van der Waals surface area (Å²) in [6.07, 6.45) is -1.27. The van der Waals surface area contributed by atoms with E-state index < -0.39 is 35.0 Å². The maximum Gasteiger partial charge on any atom is 0.365 e. The first-order valence-electron chi connectivity index (χ1n) is 10.8. The molecule has 0 aliphatic heterocycles. The molecule has 12 heteroatoms. The molecule has 0 aliphatic rings. The Hall–Kier alpha value is -3.93. The third kappa shape index (κ3) is 5.82. The number of nitrogens with one attached hydrogen (secondary N) is 1. The molecule has 0 fully saturated rings. The van der Waals surface area contributed by atoms with Crippen LogP contribution in [0.3, 0.4) is 0 Å². The Morgan fingerprint density at radius 1 is 1.14 bits per heavy atom. The number of hydrogen-bond acceptors (Lipinski definition) is 9. The molecule has 3 rings (SSSR count). The Kier molecular flexibility index (Phi) is 8.30. The van der Waals surface area contributed by atoms with Crippen molar-refractivity contribution < 1.29 is 28.5 Å². The summed E-state index contributed by atoms with van der Waals surface area (Å²) in [6.45, 7) is 6.55. The molecule has 1 atom stereocenters. The summed E-state index contributed by atoms with van der Waals surface area (Å²) in [5, 5.41) is 3.90. The second-order valence-corrected chi connectivity index (χ2v) is 8.48. The lowest BCUT2D eigenvalue weighted by Crippen LogP contribution is -2.37. The maximum atomic E-state index is 12.5. The summed E-state index contributed by atoms with van der Waals surface area (Å²) in [4.78, 5) is 51.0. The predicted molar refractivity (Wildman–Crippen MR) is 132 cm³/mol. The van der Waals surface area contributed by atoms with Crippen LogP contribution < -0.4 is 20.7 Å². The molecule has 1 N–H and O–H groups in total. The van der Waals surface area contributed by atoms with Gasteiger partial charge in [0.1, 0.15) is 17.2 Å². The Morgan fingerprint density at radius 3 is 2.39 bits per heavy atom. The van der Waals surface area contributed by atoms with Crippen molar-refractivity contribution in [2.45, 2.75) is 33.8 Å². The third-order valence-electron chi connectivity index (χ3n) is 4.96. The highest BCUT2D eigenvalue weighted by molar-refractivity contribution is 9.10. The van der Waals surface area contributed by atoms with Crippen molar-refractivity contribution in [1.82, 2.24) is 14.8 Å². The summed E-state index contributed by atoms with van der Waals surface area (Å²) in [5.74, 6) is -0.191. The highest BCUT2D eigenvalue weighted by atomic mass is 79.9. The van der Waals surface area contributed by atoms with Gasteiger partial charge in [0.2, 0.25) is 5.69 Å². The van der Waals surface area contributed by atoms with Crippen LogP contribution in [0.1, 0.15) is 35.5 Å². The molecule has 1 unspecified atom stereocenters. The molecule has 1 aromatic heterocycles. The summed E-state index contributed by atoms with van der Waals surface area (Å²) in [5.41, 5.74) is -0.988. The van der Waals surface area contributed by atoms with Crippen LogP contribution in [0.25, 0.3) is 5.69 Å². The average molecular weight is 562 g/mol. The molecule has 11 nitrogen and oxygen atoms in total. The van der Waals surface area contributed by atoms with Crippen molar-refractivity contribution in [1.29, 1.82) is 0 Å². The number of carbonyl (C=O) groups excluding carboxylic acids is 2. The number of aromatic amines is 1. The minimum absolute atomic E-state index is 0.0958. The third-order valence-corrected chi connectivity index (χ3v) is 5.58. The lowest BCUT2D eigenvalue weighted by molar-refractivity contribution is -0.152. The Labute approximate surface area is 214 Å². The van der Waals surface area contributed by atoms with Gasteiger partial charge < -0.3 is 18.9 Å². The second kappa shape index (κ2) is 11.2. The van der Waals surface area contributed by atoms with Crippen LogP contribution in [0.4, 0.5) is 0 Å². The van der Waals surface area contributed by atoms with Gasteiger partial charge >= 0.3 is 17.6 Å². The fourth-order valence-corrected chi connectivity index (χ4v) is 3.79. The summed E-state index contributed by atoms with van der Waals surface area (Å²) in [6, 6.07) is 8.49. The number of esters is 2. The van der Waals surface area contributed by atoms with Crippen LogP contribution in [0, 0.1) is 13.8 Å². The number of rotatable bonds is 8. The van der Waals surface area contributed by atoms with Crippen LogP contribution in [-0.2, 0) is 14.3 Å². The molecular weight excluding hydrogens is 538 g/mol. The highest BCUT2D eigenvalue weighted by Gasteiger charge is 2.24. The largest absolute Gasteiger partial charge is 0.496 e. The molecule has 0 spiro atoms. The molecule has 0 amide bonds. The minimum atomic E-state index is -1.27. The van der Waals surface area contributed by atoms with Crippen LogP contribution in [0.15, 0.2) is 44.4 Å². The monoisotopic (exact) mass is 561 g/mol. The summed E-state index contributed by atoms with van der Waals surface area (Å²) < 4.78 is 22.6. The molecule has 3 aromatic rings. The Balaban J connectivity index is 1.94. The quantitative estimate of drug-likeness (QED) is 0.410. The molecule has 0 aliphatic carbocycles. The molecule has 0 saturated carbocycles. The van der Waals surface area contributed by atoms with Crippen molar-refractivity contribution >= 4 is 27.9 Å². The first kappa shape index (κ1) is 26.7. The van der Waals surface area contributed by atoms with E-state index in [0.29, 0.717) is 28.4 Å². The van der Waals surface area contributed by atoms with Crippen molar-refractivity contribution in [2.24, 2.45) is 0 Å². The number of halogens is 1. The molecule has 0 saturated heterocycles. The van der Waals surface area contributed by atoms with Crippen molar-refractivity contribution in [3.05, 3.63) is 72.5 Å². The average Bonchev–Trinajstić information content (AvgIpc) is 2.81. The van der Waals surface area contributed by atoms with E-state index in [9.17, 15) is 19.2 Å². The van der Waals surface area contributed by atoms with Crippen LogP contribution in [-0.4, -0.2) is 46.5 Å². The van der Waals surface area contributed by atoms with E-state index in [0.717, 1.165) is 9.15 Å². The fraction of sp³-hybridized carbons (Fsp3) is 0.292. The number of nitrogens with zero attached hydrogens (tertiary/aromatic N) is 2. The zero-order valence-electron chi connectivity index (χ0n) is 20.2. The van der Waals surface area contributed by atoms with E-state index in [4.69, 9.17) is 18.9 Å². The number of aryl methyl sites for hydroxylation is 2. The van der Waals surface area contributed by atoms with Gasteiger partial charge in [0.15, 0.2) is 6.10 Å². The molecule has 0 radical (unpaired) electrons. The van der Waals surface area contributed by atoms with Gasteiger partial charge in [-0.1, -0.05) is 0 Å². The lowest BCUT2D eigenvalue weighted by Gasteiger charge is -2.15. The maximum absolute atomic E-state index is 12.5.